The lowest BCUT2D eigenvalue weighted by Gasteiger charge is -1.84. The second-order valence-corrected chi connectivity index (χ2v) is 3.36. The molecular weight excluding hydrogens is 229 g/mol. The van der Waals surface area contributed by atoms with E-state index in [9.17, 15) is 0 Å². The first kappa shape index (κ1) is 7.18. The van der Waals surface area contributed by atoms with E-state index < -0.39 is 0 Å². The quantitative estimate of drug-likeness (QED) is 0.366. The molecule has 0 aromatic carbocycles. The fourth-order valence-electron chi connectivity index (χ4n) is 0.885. The molecule has 1 atom stereocenters. The van der Waals surface area contributed by atoms with Crippen LogP contribution in [0.25, 0.3) is 6.08 Å². The molecule has 0 bridgehead atoms. The van der Waals surface area contributed by atoms with Crippen LogP contribution in [0.2, 0.25) is 5.28 Å². The summed E-state index contributed by atoms with van der Waals surface area (Å²) >= 11 is 8.87. The highest BCUT2D eigenvalue weighted by molar-refractivity contribution is 9.09. The molecule has 56 valence electrons. The van der Waals surface area contributed by atoms with Gasteiger partial charge in [0.15, 0.2) is 5.49 Å². The summed E-state index contributed by atoms with van der Waals surface area (Å²) in [6.45, 7) is 0. The summed E-state index contributed by atoms with van der Waals surface area (Å²) in [6, 6.07) is 0. The third kappa shape index (κ3) is 1.28. The predicted molar refractivity (Wildman–Crippen MR) is 45.0 cm³/mol. The second-order valence-electron chi connectivity index (χ2n) is 2.09. The number of aromatic nitrogens is 2. The zero-order valence-corrected chi connectivity index (χ0v) is 7.67. The smallest absolute Gasteiger partial charge is 0.224 e. The van der Waals surface area contributed by atoms with Gasteiger partial charge in [0.2, 0.25) is 5.28 Å². The molecule has 0 fully saturated rings. The van der Waals surface area contributed by atoms with Crippen LogP contribution in [0.3, 0.4) is 0 Å². The molecule has 1 aliphatic heterocycles. The van der Waals surface area contributed by atoms with Gasteiger partial charge < -0.3 is 0 Å². The van der Waals surface area contributed by atoms with Crippen LogP contribution in [0.1, 0.15) is 0 Å². The molecule has 0 N–H and O–H groups in total. The molecule has 0 radical (unpaired) electrons. The number of alkyl halides is 1. The lowest BCUT2D eigenvalue weighted by atomic mass is 10.4. The molecule has 2 heterocycles. The highest BCUT2D eigenvalue weighted by atomic mass is 79.9. The number of fused-ring (bicyclic) bond motifs is 1. The van der Waals surface area contributed by atoms with Gasteiger partial charge in [-0.3, -0.25) is 0 Å². The lowest BCUT2D eigenvalue weighted by Crippen LogP contribution is -2.25. The number of hydrogen-bond donors (Lipinski definition) is 0. The molecular formula is C6H3BrClN3. The first-order valence-electron chi connectivity index (χ1n) is 2.98. The molecule has 0 spiro atoms. The van der Waals surface area contributed by atoms with E-state index in [1.807, 2.05) is 6.08 Å². The van der Waals surface area contributed by atoms with Gasteiger partial charge in [-0.1, -0.05) is 15.9 Å². The molecule has 1 aromatic rings. The van der Waals surface area contributed by atoms with E-state index in [0.29, 0.717) is 5.49 Å². The fourth-order valence-corrected chi connectivity index (χ4v) is 1.49. The van der Waals surface area contributed by atoms with Crippen LogP contribution in [0.15, 0.2) is 11.2 Å². The molecule has 11 heavy (non-hydrogen) atoms. The topological polar surface area (TPSA) is 38.1 Å². The van der Waals surface area contributed by atoms with E-state index in [0.717, 1.165) is 5.22 Å². The molecule has 0 unspecified atom stereocenters. The zero-order chi connectivity index (χ0) is 7.84. The second kappa shape index (κ2) is 2.53. The summed E-state index contributed by atoms with van der Waals surface area (Å²) in [5, 5.41) is 1.17. The molecule has 0 aliphatic carbocycles. The van der Waals surface area contributed by atoms with E-state index in [1.165, 1.54) is 0 Å². The van der Waals surface area contributed by atoms with Gasteiger partial charge in [-0.05, 0) is 17.7 Å². The Morgan fingerprint density at radius 1 is 1.55 bits per heavy atom. The van der Waals surface area contributed by atoms with Crippen molar-refractivity contribution in [1.29, 1.82) is 0 Å². The van der Waals surface area contributed by atoms with E-state index in [4.69, 9.17) is 11.6 Å². The van der Waals surface area contributed by atoms with Gasteiger partial charge in [0.25, 0.3) is 0 Å². The van der Waals surface area contributed by atoms with E-state index in [2.05, 4.69) is 30.9 Å². The first-order chi connectivity index (χ1) is 5.25. The average molecular weight is 232 g/mol. The maximum Gasteiger partial charge on any atom is 0.224 e. The van der Waals surface area contributed by atoms with Crippen LogP contribution < -0.4 is 10.7 Å². The van der Waals surface area contributed by atoms with Crippen LogP contribution in [0.5, 0.6) is 0 Å². The van der Waals surface area contributed by atoms with Crippen molar-refractivity contribution in [3.63, 3.8) is 0 Å². The minimum absolute atomic E-state index is 0.0188. The summed E-state index contributed by atoms with van der Waals surface area (Å²) in [7, 11) is 0. The lowest BCUT2D eigenvalue weighted by molar-refractivity contribution is 1.03. The number of nitrogens with zero attached hydrogens (tertiary/aromatic N) is 3. The van der Waals surface area contributed by atoms with Crippen molar-refractivity contribution < 1.29 is 0 Å². The van der Waals surface area contributed by atoms with Gasteiger partial charge in [-0.15, -0.1) is 0 Å². The monoisotopic (exact) mass is 231 g/mol. The van der Waals surface area contributed by atoms with Crippen LogP contribution in [0.4, 0.5) is 0 Å². The standard InChI is InChI=1S/C6H3BrClN3/c7-4-1-3-2-9-6(8)11-5(3)10-4/h1-2,4H/t4-/m0/s1. The van der Waals surface area contributed by atoms with E-state index in [1.54, 1.807) is 6.20 Å². The molecule has 1 aromatic heterocycles. The van der Waals surface area contributed by atoms with Crippen molar-refractivity contribution in [3.8, 4) is 0 Å². The summed E-state index contributed by atoms with van der Waals surface area (Å²) in [5.41, 5.74) is 0.659. The SMILES string of the molecule is Clc1ncc2c(n1)=N[C@H](Br)C=2. The van der Waals surface area contributed by atoms with Crippen LogP contribution in [-0.4, -0.2) is 14.9 Å². The molecule has 5 heteroatoms. The van der Waals surface area contributed by atoms with Crippen molar-refractivity contribution in [3.05, 3.63) is 22.2 Å². The van der Waals surface area contributed by atoms with Crippen molar-refractivity contribution in [1.82, 2.24) is 9.97 Å². The molecule has 3 nitrogen and oxygen atoms in total. The highest BCUT2D eigenvalue weighted by Crippen LogP contribution is 2.03. The Balaban J connectivity index is 2.78. The minimum atomic E-state index is 0.0188. The Morgan fingerprint density at radius 3 is 3.18 bits per heavy atom. The Morgan fingerprint density at radius 2 is 2.36 bits per heavy atom. The predicted octanol–water partition coefficient (Wildman–Crippen LogP) is 0.265. The van der Waals surface area contributed by atoms with Gasteiger partial charge in [0.1, 0.15) is 4.95 Å². The third-order valence-corrected chi connectivity index (χ3v) is 1.98. The van der Waals surface area contributed by atoms with Crippen LogP contribution in [-0.2, 0) is 0 Å². The first-order valence-corrected chi connectivity index (χ1v) is 4.27. The van der Waals surface area contributed by atoms with Crippen LogP contribution >= 0.6 is 27.5 Å². The summed E-state index contributed by atoms with van der Waals surface area (Å²) in [5.74, 6) is 0. The van der Waals surface area contributed by atoms with Gasteiger partial charge in [-0.2, -0.15) is 4.98 Å². The number of halogens is 2. The van der Waals surface area contributed by atoms with Gasteiger partial charge in [0, 0.05) is 11.4 Å². The molecule has 2 rings (SSSR count). The van der Waals surface area contributed by atoms with Gasteiger partial charge >= 0.3 is 0 Å². The largest absolute Gasteiger partial charge is 0.247 e. The highest BCUT2D eigenvalue weighted by Gasteiger charge is 2.05. The number of rotatable bonds is 0. The normalized spacial score (nSPS) is 20.4. The Labute approximate surface area is 76.0 Å². The van der Waals surface area contributed by atoms with Crippen molar-refractivity contribution in [2.75, 3.05) is 0 Å². The van der Waals surface area contributed by atoms with Crippen LogP contribution in [0, 0.1) is 0 Å². The fraction of sp³-hybridized carbons (Fsp3) is 0.167. The maximum atomic E-state index is 5.56. The minimum Gasteiger partial charge on any atom is -0.247 e. The zero-order valence-electron chi connectivity index (χ0n) is 5.33. The van der Waals surface area contributed by atoms with Crippen molar-refractivity contribution in [2.24, 2.45) is 4.99 Å². The molecule has 1 aliphatic rings. The molecule has 0 amide bonds. The Hall–Kier alpha value is -0.480. The summed E-state index contributed by atoms with van der Waals surface area (Å²) < 4.78 is 0. The van der Waals surface area contributed by atoms with Gasteiger partial charge in [-0.25, -0.2) is 9.98 Å². The van der Waals surface area contributed by atoms with E-state index >= 15 is 0 Å². The average Bonchev–Trinajstić information content (AvgIpc) is 2.27. The van der Waals surface area contributed by atoms with Gasteiger partial charge in [0.05, 0.1) is 0 Å². The van der Waals surface area contributed by atoms with E-state index in [-0.39, 0.29) is 10.2 Å². The molecule has 0 saturated carbocycles. The number of hydrogen-bond acceptors (Lipinski definition) is 3. The summed E-state index contributed by atoms with van der Waals surface area (Å²) in [4.78, 5) is 11.9. The Bertz CT molecular complexity index is 403. The van der Waals surface area contributed by atoms with Crippen molar-refractivity contribution >= 4 is 33.6 Å². The molecule has 0 saturated heterocycles. The maximum absolute atomic E-state index is 5.56. The summed E-state index contributed by atoms with van der Waals surface area (Å²) in [6.07, 6.45) is 3.58. The Kier molecular flexibility index (Phi) is 1.65. The van der Waals surface area contributed by atoms with Crippen molar-refractivity contribution in [2.45, 2.75) is 4.95 Å². The third-order valence-electron chi connectivity index (χ3n) is 1.33.